The second-order valence-electron chi connectivity index (χ2n) is 8.97. The van der Waals surface area contributed by atoms with Gasteiger partial charge in [-0.15, -0.1) is 0 Å². The number of hydrogen-bond donors (Lipinski definition) is 2. The van der Waals surface area contributed by atoms with Gasteiger partial charge in [-0.2, -0.15) is 0 Å². The van der Waals surface area contributed by atoms with Crippen LogP contribution < -0.4 is 0 Å². The van der Waals surface area contributed by atoms with Crippen molar-refractivity contribution >= 4 is 5.78 Å². The van der Waals surface area contributed by atoms with Crippen LogP contribution >= 0.6 is 0 Å². The fourth-order valence-corrected chi connectivity index (χ4v) is 3.22. The number of likely N-dealkylation sites (N-methyl/N-ethyl adjacent to an activating group) is 1. The molecule has 2 N–H and O–H groups in total. The molecule has 27 heavy (non-hydrogen) atoms. The lowest BCUT2D eigenvalue weighted by Crippen LogP contribution is -2.44. The molecule has 0 fully saturated rings. The Kier molecular flexibility index (Phi) is 15.6. The molecule has 0 amide bonds. The number of nitrogens with zero attached hydrogens (tertiary/aromatic N) is 1. The van der Waals surface area contributed by atoms with E-state index in [1.807, 2.05) is 27.2 Å². The molecule has 0 aromatic heterocycles. The highest BCUT2D eigenvalue weighted by Gasteiger charge is 2.21. The van der Waals surface area contributed by atoms with E-state index < -0.39 is 6.10 Å². The van der Waals surface area contributed by atoms with Gasteiger partial charge >= 0.3 is 0 Å². The van der Waals surface area contributed by atoms with Gasteiger partial charge < -0.3 is 14.7 Å². The van der Waals surface area contributed by atoms with E-state index in [0.717, 1.165) is 32.1 Å². The van der Waals surface area contributed by atoms with Crippen molar-refractivity contribution in [3.63, 3.8) is 0 Å². The quantitative estimate of drug-likeness (QED) is 0.185. The van der Waals surface area contributed by atoms with Gasteiger partial charge in [-0.3, -0.25) is 4.79 Å². The van der Waals surface area contributed by atoms with E-state index in [4.69, 9.17) is 0 Å². The van der Waals surface area contributed by atoms with Gasteiger partial charge in [0, 0.05) is 12.8 Å². The van der Waals surface area contributed by atoms with Crippen LogP contribution in [0.25, 0.3) is 0 Å². The van der Waals surface area contributed by atoms with Crippen LogP contribution in [0.1, 0.15) is 96.8 Å². The molecule has 0 bridgehead atoms. The van der Waals surface area contributed by atoms with Crippen LogP contribution in [0, 0.1) is 0 Å². The maximum absolute atomic E-state index is 11.9. The lowest BCUT2D eigenvalue weighted by Gasteiger charge is -2.26. The topological polar surface area (TPSA) is 57.5 Å². The summed E-state index contributed by atoms with van der Waals surface area (Å²) in [6, 6.07) is 0. The van der Waals surface area contributed by atoms with Gasteiger partial charge in [0.2, 0.25) is 0 Å². The number of carbonyl (C=O) groups is 1. The Morgan fingerprint density at radius 2 is 1.37 bits per heavy atom. The third-order valence-corrected chi connectivity index (χ3v) is 4.89. The summed E-state index contributed by atoms with van der Waals surface area (Å²) in [6.45, 7) is 2.68. The number of aliphatic hydroxyl groups is 2. The van der Waals surface area contributed by atoms with Crippen LogP contribution in [0.2, 0.25) is 0 Å². The first-order valence-electron chi connectivity index (χ1n) is 11.2. The van der Waals surface area contributed by atoms with E-state index in [0.29, 0.717) is 23.2 Å². The smallest absolute Gasteiger partial charge is 0.167 e. The maximum Gasteiger partial charge on any atom is 0.167 e. The van der Waals surface area contributed by atoms with Crippen molar-refractivity contribution in [1.82, 2.24) is 0 Å². The molecule has 0 aliphatic carbocycles. The van der Waals surface area contributed by atoms with Crippen molar-refractivity contribution in [3.05, 3.63) is 11.8 Å². The molecule has 0 spiro atoms. The number of aliphatic hydroxyl groups excluding tert-OH is 2. The summed E-state index contributed by atoms with van der Waals surface area (Å²) in [6.07, 6.45) is 16.2. The summed E-state index contributed by atoms with van der Waals surface area (Å²) in [5.41, 5.74) is 0. The van der Waals surface area contributed by atoms with E-state index in [-0.39, 0.29) is 5.78 Å². The fourth-order valence-electron chi connectivity index (χ4n) is 3.22. The normalized spacial score (nSPS) is 13.7. The van der Waals surface area contributed by atoms with E-state index >= 15 is 0 Å². The molecule has 160 valence electrons. The molecule has 0 aliphatic rings. The zero-order valence-electron chi connectivity index (χ0n) is 18.5. The third kappa shape index (κ3) is 18.3. The highest BCUT2D eigenvalue weighted by molar-refractivity contribution is 5.82. The molecular formula is C23H46NO3+. The average Bonchev–Trinajstić information content (AvgIpc) is 2.58. The zero-order valence-corrected chi connectivity index (χ0v) is 18.5. The molecule has 0 heterocycles. The van der Waals surface area contributed by atoms with E-state index in [9.17, 15) is 15.0 Å². The average molecular weight is 385 g/mol. The minimum atomic E-state index is -0.817. The molecule has 1 unspecified atom stereocenters. The van der Waals surface area contributed by atoms with Gasteiger partial charge in [0.25, 0.3) is 0 Å². The second kappa shape index (κ2) is 16.1. The van der Waals surface area contributed by atoms with Crippen LogP contribution in [0.5, 0.6) is 0 Å². The molecular weight excluding hydrogens is 338 g/mol. The number of unbranched alkanes of at least 4 members (excludes halogenated alkanes) is 10. The van der Waals surface area contributed by atoms with E-state index in [1.165, 1.54) is 51.4 Å². The molecule has 0 radical (unpaired) electrons. The summed E-state index contributed by atoms with van der Waals surface area (Å²) in [5, 5.41) is 19.7. The van der Waals surface area contributed by atoms with Crippen molar-refractivity contribution in [2.45, 2.75) is 103 Å². The number of carbonyl (C=O) groups excluding carboxylic acids is 1. The van der Waals surface area contributed by atoms with Crippen LogP contribution in [0.3, 0.4) is 0 Å². The predicted octanol–water partition coefficient (Wildman–Crippen LogP) is 5.55. The molecule has 0 aliphatic heterocycles. The van der Waals surface area contributed by atoms with E-state index in [2.05, 4.69) is 6.92 Å². The number of hydrogen-bond acceptors (Lipinski definition) is 3. The first-order chi connectivity index (χ1) is 12.8. The fraction of sp³-hybridized carbons (Fsp3) is 0.870. The van der Waals surface area contributed by atoms with Gasteiger partial charge in [-0.25, -0.2) is 0 Å². The lowest BCUT2D eigenvalue weighted by atomic mass is 10.0. The van der Waals surface area contributed by atoms with Crippen molar-refractivity contribution < 1.29 is 19.5 Å². The number of ketones is 1. The SMILES string of the molecule is CCCCC/C=C(\O)CCCCCCCCCCC(=O)C(O)C[N+](C)(C)C. The van der Waals surface area contributed by atoms with Crippen molar-refractivity contribution in [3.8, 4) is 0 Å². The van der Waals surface area contributed by atoms with Crippen LogP contribution in [0.15, 0.2) is 11.8 Å². The molecule has 0 rings (SSSR count). The maximum atomic E-state index is 11.9. The molecule has 0 aromatic rings. The largest absolute Gasteiger partial charge is 0.513 e. The third-order valence-electron chi connectivity index (χ3n) is 4.89. The lowest BCUT2D eigenvalue weighted by molar-refractivity contribution is -0.872. The molecule has 1 atom stereocenters. The molecule has 0 aromatic carbocycles. The Labute approximate surface area is 168 Å². The van der Waals surface area contributed by atoms with Crippen LogP contribution in [-0.4, -0.2) is 54.3 Å². The minimum Gasteiger partial charge on any atom is -0.513 e. The van der Waals surface area contributed by atoms with E-state index in [1.54, 1.807) is 0 Å². The highest BCUT2D eigenvalue weighted by atomic mass is 16.3. The molecule has 4 heteroatoms. The Morgan fingerprint density at radius 1 is 0.852 bits per heavy atom. The molecule has 0 saturated heterocycles. The number of rotatable bonds is 18. The molecule has 0 saturated carbocycles. The minimum absolute atomic E-state index is 0.00870. The summed E-state index contributed by atoms with van der Waals surface area (Å²) in [7, 11) is 5.96. The Hall–Kier alpha value is -0.870. The Morgan fingerprint density at radius 3 is 1.89 bits per heavy atom. The zero-order chi connectivity index (χ0) is 20.5. The predicted molar refractivity (Wildman–Crippen MR) is 115 cm³/mol. The number of quaternary nitrogens is 1. The first-order valence-corrected chi connectivity index (χ1v) is 11.2. The standard InChI is InChI=1S/C23H45NO3/c1-5-6-7-14-17-21(25)18-15-12-10-8-9-11-13-16-19-22(26)23(27)20-24(2,3)4/h17,23,27H,5-16,18-20H2,1-4H3/p+1/b21-17-. The van der Waals surface area contributed by atoms with Crippen molar-refractivity contribution in [2.24, 2.45) is 0 Å². The molecule has 4 nitrogen and oxygen atoms in total. The van der Waals surface area contributed by atoms with Crippen LogP contribution in [-0.2, 0) is 4.79 Å². The van der Waals surface area contributed by atoms with Gasteiger partial charge in [0.05, 0.1) is 26.9 Å². The summed E-state index contributed by atoms with van der Waals surface area (Å²) >= 11 is 0. The highest BCUT2D eigenvalue weighted by Crippen LogP contribution is 2.14. The van der Waals surface area contributed by atoms with Crippen LogP contribution in [0.4, 0.5) is 0 Å². The monoisotopic (exact) mass is 384 g/mol. The van der Waals surface area contributed by atoms with Gasteiger partial charge in [0.15, 0.2) is 11.9 Å². The second-order valence-corrected chi connectivity index (χ2v) is 8.97. The number of Topliss-reactive ketones (excluding diaryl/α,β-unsaturated/α-hetero) is 1. The summed E-state index contributed by atoms with van der Waals surface area (Å²) < 4.78 is 0.610. The van der Waals surface area contributed by atoms with Gasteiger partial charge in [-0.05, 0) is 31.8 Å². The van der Waals surface area contributed by atoms with Gasteiger partial charge in [-0.1, -0.05) is 58.3 Å². The first kappa shape index (κ1) is 26.1. The Balaban J connectivity index is 3.46. The van der Waals surface area contributed by atoms with Crippen molar-refractivity contribution in [2.75, 3.05) is 27.7 Å². The summed E-state index contributed by atoms with van der Waals surface area (Å²) in [5.74, 6) is 0.564. The van der Waals surface area contributed by atoms with Crippen molar-refractivity contribution in [1.29, 1.82) is 0 Å². The Bertz CT molecular complexity index is 399. The van der Waals surface area contributed by atoms with Gasteiger partial charge in [0.1, 0.15) is 6.54 Å². The summed E-state index contributed by atoms with van der Waals surface area (Å²) in [4.78, 5) is 11.9. The number of allylic oxidation sites excluding steroid dienone is 2.